The maximum absolute atomic E-state index is 2.66. The van der Waals surface area contributed by atoms with Crippen molar-refractivity contribution in [2.24, 2.45) is 0 Å². The lowest BCUT2D eigenvalue weighted by atomic mass is 9.78. The van der Waals surface area contributed by atoms with Gasteiger partial charge < -0.3 is 8.80 Å². The van der Waals surface area contributed by atoms with Gasteiger partial charge in [-0.15, -0.1) is 22.7 Å². The number of hydrogen-bond donors (Lipinski definition) is 0. The third kappa shape index (κ3) is 5.98. The lowest BCUT2D eigenvalue weighted by molar-refractivity contribution is 0.568. The van der Waals surface area contributed by atoms with Gasteiger partial charge >= 0.3 is 0 Å². The average molecular weight is 993 g/mol. The summed E-state index contributed by atoms with van der Waals surface area (Å²) in [6, 6.07) is 57.6. The van der Waals surface area contributed by atoms with Gasteiger partial charge in [-0.1, -0.05) is 180 Å². The van der Waals surface area contributed by atoms with Crippen molar-refractivity contribution < 1.29 is 0 Å². The Kier molecular flexibility index (Phi) is 8.68. The van der Waals surface area contributed by atoms with Crippen LogP contribution in [0.15, 0.2) is 146 Å². The van der Waals surface area contributed by atoms with Crippen LogP contribution in [0.5, 0.6) is 0 Å². The zero-order chi connectivity index (χ0) is 50.9. The number of hydrogen-bond acceptors (Lipinski definition) is 2. The largest absolute Gasteiger partial charge is 0.308 e. The highest BCUT2D eigenvalue weighted by Gasteiger charge is 2.30. The number of benzene rings is 9. The van der Waals surface area contributed by atoms with Gasteiger partial charge in [0.2, 0.25) is 0 Å². The Morgan fingerprint density at radius 2 is 0.649 bits per heavy atom. The fourth-order valence-corrected chi connectivity index (χ4v) is 15.2. The molecule has 9 aromatic carbocycles. The first-order valence-electron chi connectivity index (χ1n) is 26.6. The van der Waals surface area contributed by atoms with Crippen LogP contribution in [-0.2, 0) is 21.7 Å². The van der Waals surface area contributed by atoms with E-state index in [0.717, 1.165) is 0 Å². The summed E-state index contributed by atoms with van der Waals surface area (Å²) in [5.74, 6) is 0. The van der Waals surface area contributed by atoms with Gasteiger partial charge in [0.15, 0.2) is 0 Å². The molecule has 6 heterocycles. The van der Waals surface area contributed by atoms with Gasteiger partial charge in [0, 0.05) is 83.4 Å². The SMILES string of the molecule is CC(C)(C)c1cc(-c2ccc3c4c5c(ccc4n4c6cc7c8c(-c9cc(C(C)(C)C)cc(C(C)(C)C)c9)ccc9c%10c%11c(ccc%10n(c7cc6c2c34)c98)sc2ccccc2%11)sc2ccccc25)cc(C(C)(C)C)c1. The molecule has 0 N–H and O–H groups in total. The van der Waals surface area contributed by atoms with Crippen LogP contribution < -0.4 is 0 Å². The second-order valence-electron chi connectivity index (χ2n) is 25.8. The van der Waals surface area contributed by atoms with E-state index in [0.29, 0.717) is 0 Å². The standard InChI is InChI=1S/C70H60N2S2/c1-67(2,3)39-29-37(30-40(33-39)68(4,5)6)43-21-23-47-61-51(25-27-57-63(61)45-17-13-15-19-55(45)73-57)71-53-36-50-54(35-49(53)59(43)65(47)71)72-52-26-28-58-64(46-18-14-16-20-56(46)74-58)62(52)48-24-22-44(60(50)66(48)72)38-31-41(69(7,8)9)34-42(32-38)70(10,11)12/h13-36H,1-12H3. The Bertz CT molecular complexity index is 4540. The number of aromatic nitrogens is 2. The van der Waals surface area contributed by atoms with Crippen LogP contribution >= 0.6 is 22.7 Å². The van der Waals surface area contributed by atoms with Crippen molar-refractivity contribution in [3.63, 3.8) is 0 Å². The van der Waals surface area contributed by atoms with Crippen LogP contribution in [-0.4, -0.2) is 8.80 Å². The van der Waals surface area contributed by atoms with Crippen molar-refractivity contribution in [2.45, 2.75) is 105 Å². The number of fused-ring (bicyclic) bond motifs is 20. The summed E-state index contributed by atoms with van der Waals surface area (Å²) in [5.41, 5.74) is 18.2. The summed E-state index contributed by atoms with van der Waals surface area (Å²) in [6.07, 6.45) is 0. The van der Waals surface area contributed by atoms with Crippen molar-refractivity contribution in [3.8, 4) is 22.3 Å². The molecular formula is C70H60N2S2. The van der Waals surface area contributed by atoms with Crippen LogP contribution in [0.3, 0.4) is 0 Å². The summed E-state index contributed by atoms with van der Waals surface area (Å²) in [5, 5.41) is 16.0. The molecule has 0 amide bonds. The lowest BCUT2D eigenvalue weighted by Crippen LogP contribution is -2.16. The van der Waals surface area contributed by atoms with Gasteiger partial charge in [-0.25, -0.2) is 0 Å². The summed E-state index contributed by atoms with van der Waals surface area (Å²) >= 11 is 3.83. The predicted octanol–water partition coefficient (Wildman–Crippen LogP) is 21.2. The Hall–Kier alpha value is -6.98. The Morgan fingerprint density at radius 1 is 0.284 bits per heavy atom. The lowest BCUT2D eigenvalue weighted by Gasteiger charge is -2.26. The maximum Gasteiger partial charge on any atom is 0.0627 e. The molecule has 0 fully saturated rings. The Morgan fingerprint density at radius 3 is 1.01 bits per heavy atom. The highest BCUT2D eigenvalue weighted by molar-refractivity contribution is 7.26. The van der Waals surface area contributed by atoms with Crippen LogP contribution in [0, 0.1) is 0 Å². The van der Waals surface area contributed by atoms with E-state index < -0.39 is 0 Å². The Balaban J connectivity index is 1.17. The second kappa shape index (κ2) is 14.4. The molecular weight excluding hydrogens is 933 g/mol. The number of rotatable bonds is 2. The van der Waals surface area contributed by atoms with Crippen molar-refractivity contribution >= 4 is 139 Å². The van der Waals surface area contributed by atoms with Crippen molar-refractivity contribution in [1.82, 2.24) is 8.80 Å². The molecule has 0 aliphatic rings. The highest BCUT2D eigenvalue weighted by Crippen LogP contribution is 2.53. The fourth-order valence-electron chi connectivity index (χ4n) is 13.0. The van der Waals surface area contributed by atoms with Gasteiger partial charge in [0.25, 0.3) is 0 Å². The fraction of sp³-hybridized carbons (Fsp3) is 0.229. The number of thiophene rings is 2. The summed E-state index contributed by atoms with van der Waals surface area (Å²) < 4.78 is 10.7. The minimum absolute atomic E-state index is 0.0245. The van der Waals surface area contributed by atoms with E-state index in [9.17, 15) is 0 Å². The molecule has 15 aromatic rings. The molecule has 0 radical (unpaired) electrons. The normalized spacial score (nSPS) is 13.7. The van der Waals surface area contributed by atoms with E-state index in [1.807, 2.05) is 22.7 Å². The molecule has 362 valence electrons. The topological polar surface area (TPSA) is 8.82 Å². The van der Waals surface area contributed by atoms with Gasteiger partial charge in [0.05, 0.1) is 33.1 Å². The molecule has 0 saturated heterocycles. The molecule has 0 spiro atoms. The van der Waals surface area contributed by atoms with E-state index in [2.05, 4.69) is 237 Å². The first kappa shape index (κ1) is 44.5. The zero-order valence-corrected chi connectivity index (χ0v) is 46.2. The molecule has 0 aliphatic carbocycles. The van der Waals surface area contributed by atoms with Gasteiger partial charge in [-0.05, 0) is 115 Å². The van der Waals surface area contributed by atoms with Gasteiger partial charge in [0.1, 0.15) is 0 Å². The van der Waals surface area contributed by atoms with Crippen LogP contribution in [0.1, 0.15) is 105 Å². The van der Waals surface area contributed by atoms with Gasteiger partial charge in [-0.2, -0.15) is 0 Å². The van der Waals surface area contributed by atoms with E-state index in [4.69, 9.17) is 0 Å². The second-order valence-corrected chi connectivity index (χ2v) is 28.0. The quantitative estimate of drug-likeness (QED) is 0.163. The minimum Gasteiger partial charge on any atom is -0.308 e. The first-order chi connectivity index (χ1) is 35.2. The molecule has 6 aromatic heterocycles. The van der Waals surface area contributed by atoms with E-state index in [1.165, 1.54) is 161 Å². The maximum atomic E-state index is 2.66. The van der Waals surface area contributed by atoms with Crippen LogP contribution in [0.25, 0.3) is 139 Å². The third-order valence-electron chi connectivity index (χ3n) is 17.0. The minimum atomic E-state index is -0.0245. The first-order valence-corrected chi connectivity index (χ1v) is 28.2. The monoisotopic (exact) mass is 992 g/mol. The zero-order valence-electron chi connectivity index (χ0n) is 44.6. The summed E-state index contributed by atoms with van der Waals surface area (Å²) in [4.78, 5) is 0. The summed E-state index contributed by atoms with van der Waals surface area (Å²) in [6.45, 7) is 28.3. The van der Waals surface area contributed by atoms with E-state index in [-0.39, 0.29) is 21.7 Å². The van der Waals surface area contributed by atoms with Crippen LogP contribution in [0.2, 0.25) is 0 Å². The molecule has 0 bridgehead atoms. The predicted molar refractivity (Wildman–Crippen MR) is 327 cm³/mol. The van der Waals surface area contributed by atoms with E-state index >= 15 is 0 Å². The van der Waals surface area contributed by atoms with Crippen LogP contribution in [0.4, 0.5) is 0 Å². The molecule has 0 saturated carbocycles. The molecule has 74 heavy (non-hydrogen) atoms. The average Bonchev–Trinajstić information content (AvgIpc) is 4.28. The highest BCUT2D eigenvalue weighted by atomic mass is 32.1. The van der Waals surface area contributed by atoms with Gasteiger partial charge in [-0.3, -0.25) is 0 Å². The smallest absolute Gasteiger partial charge is 0.0627 e. The Labute approximate surface area is 440 Å². The molecule has 0 unspecified atom stereocenters. The molecule has 15 rings (SSSR count). The van der Waals surface area contributed by atoms with Crippen molar-refractivity contribution in [2.75, 3.05) is 0 Å². The van der Waals surface area contributed by atoms with E-state index in [1.54, 1.807) is 0 Å². The van der Waals surface area contributed by atoms with Crippen molar-refractivity contribution in [3.05, 3.63) is 168 Å². The third-order valence-corrected chi connectivity index (χ3v) is 19.2. The molecule has 4 heteroatoms. The molecule has 0 aliphatic heterocycles. The summed E-state index contributed by atoms with van der Waals surface area (Å²) in [7, 11) is 0. The molecule has 2 nitrogen and oxygen atoms in total. The van der Waals surface area contributed by atoms with Crippen molar-refractivity contribution in [1.29, 1.82) is 0 Å². The molecule has 0 atom stereocenters. The number of nitrogens with zero attached hydrogens (tertiary/aromatic N) is 2.